The molecule has 23 heavy (non-hydrogen) atoms. The van der Waals surface area contributed by atoms with Crippen molar-refractivity contribution in [2.45, 2.75) is 32.7 Å². The number of carbonyl (C=O) groups is 1. The van der Waals surface area contributed by atoms with Gasteiger partial charge in [-0.05, 0) is 31.4 Å². The summed E-state index contributed by atoms with van der Waals surface area (Å²) in [6.07, 6.45) is 5.54. The maximum atomic E-state index is 12.5. The van der Waals surface area contributed by atoms with Crippen molar-refractivity contribution in [2.24, 2.45) is 16.0 Å². The van der Waals surface area contributed by atoms with E-state index < -0.39 is 15.6 Å². The van der Waals surface area contributed by atoms with Crippen LogP contribution in [0, 0.1) is 5.92 Å². The minimum Gasteiger partial charge on any atom is -0.346 e. The molecule has 0 aliphatic carbocycles. The molecule has 0 saturated carbocycles. The summed E-state index contributed by atoms with van der Waals surface area (Å²) in [5, 5.41) is 2.99. The molecule has 0 saturated heterocycles. The van der Waals surface area contributed by atoms with Gasteiger partial charge < -0.3 is 16.0 Å². The lowest BCUT2D eigenvalue weighted by Gasteiger charge is -2.32. The van der Waals surface area contributed by atoms with Gasteiger partial charge in [0.15, 0.2) is 0 Å². The molecule has 7 nitrogen and oxygen atoms in total. The van der Waals surface area contributed by atoms with Gasteiger partial charge in [0.2, 0.25) is 0 Å². The number of hydrogen-bond acceptors (Lipinski definition) is 5. The Hall–Kier alpha value is -1.67. The highest BCUT2D eigenvalue weighted by atomic mass is 32.2. The van der Waals surface area contributed by atoms with Crippen molar-refractivity contribution in [3.05, 3.63) is 23.9 Å². The van der Waals surface area contributed by atoms with Crippen LogP contribution in [-0.4, -0.2) is 49.4 Å². The molecule has 2 rings (SSSR count). The average molecular weight is 340 g/mol. The minimum absolute atomic E-state index is 0.0520. The SMILES string of the molecule is CC(C)CC(C)(CN)NC(=O)C1=CN2CCS(=O)(=O)N=C2C=C1. The summed E-state index contributed by atoms with van der Waals surface area (Å²) in [5.41, 5.74) is 5.81. The van der Waals surface area contributed by atoms with Gasteiger partial charge in [0, 0.05) is 24.8 Å². The quantitative estimate of drug-likeness (QED) is 0.752. The zero-order chi connectivity index (χ0) is 17.3. The molecule has 1 unspecified atom stereocenters. The van der Waals surface area contributed by atoms with Crippen LogP contribution < -0.4 is 11.1 Å². The lowest BCUT2D eigenvalue weighted by atomic mass is 9.90. The molecule has 128 valence electrons. The third-order valence-electron chi connectivity index (χ3n) is 3.81. The van der Waals surface area contributed by atoms with Gasteiger partial charge in [-0.25, -0.2) is 8.42 Å². The Morgan fingerprint density at radius 2 is 2.17 bits per heavy atom. The first kappa shape index (κ1) is 17.7. The van der Waals surface area contributed by atoms with Crippen molar-refractivity contribution in [3.8, 4) is 0 Å². The molecule has 0 aromatic rings. The highest BCUT2D eigenvalue weighted by molar-refractivity contribution is 7.90. The van der Waals surface area contributed by atoms with E-state index in [-0.39, 0.29) is 11.7 Å². The molecule has 2 heterocycles. The maximum absolute atomic E-state index is 12.5. The molecule has 2 aliphatic rings. The smallest absolute Gasteiger partial charge is 0.256 e. The number of carbonyl (C=O) groups excluding carboxylic acids is 1. The highest BCUT2D eigenvalue weighted by Crippen LogP contribution is 2.19. The van der Waals surface area contributed by atoms with Crippen LogP contribution >= 0.6 is 0 Å². The fourth-order valence-electron chi connectivity index (χ4n) is 2.77. The molecule has 0 bridgehead atoms. The Balaban J connectivity index is 2.13. The Bertz CT molecular complexity index is 679. The van der Waals surface area contributed by atoms with Crippen LogP contribution in [0.2, 0.25) is 0 Å². The van der Waals surface area contributed by atoms with E-state index >= 15 is 0 Å². The number of nitrogens with two attached hydrogens (primary N) is 1. The second-order valence-electron chi connectivity index (χ2n) is 6.66. The highest BCUT2D eigenvalue weighted by Gasteiger charge is 2.29. The van der Waals surface area contributed by atoms with E-state index in [1.165, 1.54) is 0 Å². The number of fused-ring (bicyclic) bond motifs is 1. The number of nitrogens with one attached hydrogen (secondary N) is 1. The van der Waals surface area contributed by atoms with Gasteiger partial charge >= 0.3 is 0 Å². The van der Waals surface area contributed by atoms with Crippen molar-refractivity contribution < 1.29 is 13.2 Å². The first-order valence-corrected chi connectivity index (χ1v) is 9.27. The molecule has 8 heteroatoms. The van der Waals surface area contributed by atoms with Crippen LogP contribution in [0.1, 0.15) is 27.2 Å². The van der Waals surface area contributed by atoms with Gasteiger partial charge in [0.1, 0.15) is 5.84 Å². The number of amidine groups is 1. The third-order valence-corrected chi connectivity index (χ3v) is 4.97. The predicted molar refractivity (Wildman–Crippen MR) is 90.2 cm³/mol. The summed E-state index contributed by atoms with van der Waals surface area (Å²) in [5.74, 6) is 0.480. The van der Waals surface area contributed by atoms with E-state index in [0.29, 0.717) is 30.4 Å². The van der Waals surface area contributed by atoms with E-state index in [9.17, 15) is 13.2 Å². The van der Waals surface area contributed by atoms with E-state index in [1.807, 2.05) is 6.92 Å². The summed E-state index contributed by atoms with van der Waals surface area (Å²) >= 11 is 0. The molecule has 0 aromatic carbocycles. The number of sulfonamides is 1. The molecule has 3 N–H and O–H groups in total. The number of hydrogen-bond donors (Lipinski definition) is 2. The zero-order valence-corrected chi connectivity index (χ0v) is 14.6. The number of amides is 1. The van der Waals surface area contributed by atoms with Gasteiger partial charge in [0.05, 0.1) is 11.3 Å². The molecule has 0 fully saturated rings. The van der Waals surface area contributed by atoms with Gasteiger partial charge in [-0.2, -0.15) is 0 Å². The summed E-state index contributed by atoms with van der Waals surface area (Å²) in [7, 11) is -3.39. The summed E-state index contributed by atoms with van der Waals surface area (Å²) < 4.78 is 26.7. The maximum Gasteiger partial charge on any atom is 0.256 e. The van der Waals surface area contributed by atoms with Gasteiger partial charge in [-0.1, -0.05) is 13.8 Å². The van der Waals surface area contributed by atoms with Crippen molar-refractivity contribution in [2.75, 3.05) is 18.8 Å². The van der Waals surface area contributed by atoms with Gasteiger partial charge in [0.25, 0.3) is 15.9 Å². The van der Waals surface area contributed by atoms with Crippen molar-refractivity contribution >= 4 is 21.8 Å². The number of rotatable bonds is 5. The van der Waals surface area contributed by atoms with E-state index in [1.54, 1.807) is 23.3 Å². The fourth-order valence-corrected chi connectivity index (χ4v) is 3.74. The molecular weight excluding hydrogens is 316 g/mol. The van der Waals surface area contributed by atoms with Crippen LogP contribution in [0.3, 0.4) is 0 Å². The van der Waals surface area contributed by atoms with Crippen molar-refractivity contribution in [3.63, 3.8) is 0 Å². The van der Waals surface area contributed by atoms with E-state index in [0.717, 1.165) is 6.42 Å². The van der Waals surface area contributed by atoms with E-state index in [4.69, 9.17) is 5.73 Å². The van der Waals surface area contributed by atoms with Crippen molar-refractivity contribution in [1.29, 1.82) is 0 Å². The monoisotopic (exact) mass is 340 g/mol. The van der Waals surface area contributed by atoms with Gasteiger partial charge in [-0.15, -0.1) is 4.40 Å². The summed E-state index contributed by atoms with van der Waals surface area (Å²) in [6, 6.07) is 0. The Morgan fingerprint density at radius 3 is 2.78 bits per heavy atom. The van der Waals surface area contributed by atoms with Crippen LogP contribution in [0.4, 0.5) is 0 Å². The van der Waals surface area contributed by atoms with Crippen molar-refractivity contribution in [1.82, 2.24) is 10.2 Å². The zero-order valence-electron chi connectivity index (χ0n) is 13.7. The second kappa shape index (κ2) is 6.45. The van der Waals surface area contributed by atoms with Crippen LogP contribution in [0.15, 0.2) is 28.3 Å². The predicted octanol–water partition coefficient (Wildman–Crippen LogP) is 0.364. The first-order valence-electron chi connectivity index (χ1n) is 7.66. The van der Waals surface area contributed by atoms with Crippen LogP contribution in [0.5, 0.6) is 0 Å². The average Bonchev–Trinajstić information content (AvgIpc) is 2.44. The van der Waals surface area contributed by atoms with Crippen LogP contribution in [-0.2, 0) is 14.8 Å². The number of nitrogens with zero attached hydrogens (tertiary/aromatic N) is 2. The molecular formula is C15H24N4O3S. The summed E-state index contributed by atoms with van der Waals surface area (Å²) in [4.78, 5) is 14.2. The molecule has 1 atom stereocenters. The summed E-state index contributed by atoms with van der Waals surface area (Å²) in [6.45, 7) is 6.73. The molecule has 1 amide bonds. The molecule has 2 aliphatic heterocycles. The Kier molecular flexibility index (Phi) is 4.95. The topological polar surface area (TPSA) is 105 Å². The van der Waals surface area contributed by atoms with Crippen LogP contribution in [0.25, 0.3) is 0 Å². The molecule has 0 radical (unpaired) electrons. The molecule has 0 aromatic heterocycles. The minimum atomic E-state index is -3.39. The normalized spacial score (nSPS) is 22.0. The lowest BCUT2D eigenvalue weighted by molar-refractivity contribution is -0.119. The molecule has 0 spiro atoms. The second-order valence-corrected chi connectivity index (χ2v) is 8.42. The standard InChI is InChI=1S/C15H24N4O3S/c1-11(2)8-15(3,10-16)17-14(20)12-4-5-13-18-23(21,22)7-6-19(13)9-12/h4-5,9,11H,6-8,10,16H2,1-3H3,(H,17,20). The fraction of sp³-hybridized carbons (Fsp3) is 0.600. The third kappa shape index (κ3) is 4.42. The Labute approximate surface area is 137 Å². The first-order chi connectivity index (χ1) is 10.6. The van der Waals surface area contributed by atoms with E-state index in [2.05, 4.69) is 23.6 Å². The van der Waals surface area contributed by atoms with Gasteiger partial charge in [-0.3, -0.25) is 4.79 Å². The lowest BCUT2D eigenvalue weighted by Crippen LogP contribution is -2.52. The Morgan fingerprint density at radius 1 is 1.48 bits per heavy atom. The largest absolute Gasteiger partial charge is 0.346 e.